The molecule has 0 heterocycles. The maximum Gasteiger partial charge on any atom is 0.315 e. The maximum absolute atomic E-state index is 12.1. The Morgan fingerprint density at radius 1 is 0.431 bits per heavy atom. The van der Waals surface area contributed by atoms with Crippen molar-refractivity contribution in [2.45, 2.75) is 71.0 Å². The Balaban J connectivity index is 2.55. The lowest BCUT2D eigenvalue weighted by Gasteiger charge is -2.19. The van der Waals surface area contributed by atoms with E-state index in [1.165, 1.54) is 47.0 Å². The second-order valence-corrected chi connectivity index (χ2v) is 14.7. The van der Waals surface area contributed by atoms with Crippen molar-refractivity contribution in [2.75, 3.05) is 62.7 Å². The summed E-state index contributed by atoms with van der Waals surface area (Å²) in [6.45, 7) is 13.3. The van der Waals surface area contributed by atoms with Gasteiger partial charge in [-0.2, -0.15) is 0 Å². The number of rotatable bonds is 26. The molecule has 0 aliphatic carbocycles. The Morgan fingerprint density at radius 3 is 0.902 bits per heavy atom. The molecular weight excluding hydrogens is 733 g/mol. The van der Waals surface area contributed by atoms with Crippen LogP contribution in [0.5, 0.6) is 11.5 Å². The first-order chi connectivity index (χ1) is 24.7. The Hall–Kier alpha value is -2.68. The molecule has 0 aliphatic rings. The normalized spacial score (nSPS) is 10.8. The van der Waals surface area contributed by atoms with Gasteiger partial charge in [0.05, 0.1) is 62.7 Å². The molecule has 14 heteroatoms. The van der Waals surface area contributed by atoms with E-state index in [0.29, 0.717) is 69.1 Å². The molecule has 0 unspecified atom stereocenters. The van der Waals surface area contributed by atoms with Gasteiger partial charge in [-0.15, -0.1) is 47.0 Å². The Labute approximate surface area is 319 Å². The van der Waals surface area contributed by atoms with Crippen LogP contribution in [0.1, 0.15) is 74.9 Å². The first-order valence-electron chi connectivity index (χ1n) is 17.2. The van der Waals surface area contributed by atoms with Crippen molar-refractivity contribution in [1.82, 2.24) is 0 Å². The van der Waals surface area contributed by atoms with Gasteiger partial charge in [0.15, 0.2) is 0 Å². The average molecular weight is 785 g/mol. The van der Waals surface area contributed by atoms with Crippen molar-refractivity contribution in [3.05, 3.63) is 57.6 Å². The average Bonchev–Trinajstić information content (AvgIpc) is 3.08. The molecule has 0 saturated carbocycles. The molecule has 284 valence electrons. The largest absolute Gasteiger partial charge is 0.493 e. The second-order valence-electron chi connectivity index (χ2n) is 10.7. The van der Waals surface area contributed by atoms with Crippen LogP contribution in [-0.2, 0) is 67.6 Å². The zero-order valence-corrected chi connectivity index (χ0v) is 33.9. The number of carbonyl (C=O) groups is 4. The fourth-order valence-corrected chi connectivity index (χ4v) is 8.11. The van der Waals surface area contributed by atoms with Gasteiger partial charge in [-0.05, 0) is 59.1 Å². The third-order valence-corrected chi connectivity index (χ3v) is 10.5. The van der Waals surface area contributed by atoms with Gasteiger partial charge in [-0.3, -0.25) is 19.2 Å². The molecule has 2 aromatic rings. The standard InChI is InChI=1S/C37H52O10S4/c1-7-42-32(38)22-48-18-28-14-26(15-29(36(28)46-11-5)19-49-23-33(39)43-8-2)13-27-16-30(20-50-24-34(40)44-9-3)37(47-12-6)31(17-27)21-51-25-35(41)45-10-4/h14-17H,7-13,18-25H2,1-6H3. The van der Waals surface area contributed by atoms with Crippen molar-refractivity contribution in [1.29, 1.82) is 0 Å². The highest BCUT2D eigenvalue weighted by molar-refractivity contribution is 7.99. The van der Waals surface area contributed by atoms with E-state index in [1.807, 2.05) is 13.8 Å². The fraction of sp³-hybridized carbons (Fsp3) is 0.568. The molecule has 0 radical (unpaired) electrons. The SMILES string of the molecule is CCOC(=O)CSCc1cc(Cc2cc(CSCC(=O)OCC)c(OCC)c(CSCC(=O)OCC)c2)cc(CSCC(=O)OCC)c1OCC. The summed E-state index contributed by atoms with van der Waals surface area (Å²) in [5.74, 6) is 3.46. The number of ether oxygens (including phenoxy) is 6. The lowest BCUT2D eigenvalue weighted by molar-refractivity contribution is -0.140. The number of benzene rings is 2. The Bertz CT molecular complexity index is 1210. The molecule has 0 amide bonds. The van der Waals surface area contributed by atoms with Gasteiger partial charge in [0.1, 0.15) is 11.5 Å². The quantitative estimate of drug-likeness (QED) is 0.0702. The third-order valence-electron chi connectivity index (χ3n) is 6.72. The minimum atomic E-state index is -0.266. The molecule has 0 bridgehead atoms. The summed E-state index contributed by atoms with van der Waals surface area (Å²) in [5, 5.41) is 0. The molecule has 2 rings (SSSR count). The van der Waals surface area contributed by atoms with Gasteiger partial charge in [-0.1, -0.05) is 24.3 Å². The third kappa shape index (κ3) is 17.1. The number of hydrogen-bond acceptors (Lipinski definition) is 14. The minimum Gasteiger partial charge on any atom is -0.493 e. The Kier molecular flexibility index (Phi) is 22.8. The van der Waals surface area contributed by atoms with Gasteiger partial charge < -0.3 is 28.4 Å². The van der Waals surface area contributed by atoms with E-state index in [9.17, 15) is 19.2 Å². The van der Waals surface area contributed by atoms with Crippen molar-refractivity contribution in [3.8, 4) is 11.5 Å². The lowest BCUT2D eigenvalue weighted by Crippen LogP contribution is -2.09. The summed E-state index contributed by atoms with van der Waals surface area (Å²) in [4.78, 5) is 48.5. The zero-order chi connectivity index (χ0) is 37.4. The molecule has 10 nitrogen and oxygen atoms in total. The predicted octanol–water partition coefficient (Wildman–Crippen LogP) is 7.26. The van der Waals surface area contributed by atoms with E-state index in [4.69, 9.17) is 28.4 Å². The first-order valence-corrected chi connectivity index (χ1v) is 21.8. The van der Waals surface area contributed by atoms with E-state index in [-0.39, 0.29) is 46.9 Å². The topological polar surface area (TPSA) is 124 Å². The summed E-state index contributed by atoms with van der Waals surface area (Å²) in [7, 11) is 0. The van der Waals surface area contributed by atoms with E-state index in [0.717, 1.165) is 44.9 Å². The van der Waals surface area contributed by atoms with E-state index >= 15 is 0 Å². The smallest absolute Gasteiger partial charge is 0.315 e. The fourth-order valence-electron chi connectivity index (χ4n) is 4.97. The van der Waals surface area contributed by atoms with Crippen LogP contribution < -0.4 is 9.47 Å². The van der Waals surface area contributed by atoms with Crippen molar-refractivity contribution in [2.24, 2.45) is 0 Å². The number of hydrogen-bond donors (Lipinski definition) is 0. The monoisotopic (exact) mass is 784 g/mol. The van der Waals surface area contributed by atoms with Crippen molar-refractivity contribution in [3.63, 3.8) is 0 Å². The minimum absolute atomic E-state index is 0.217. The summed E-state index contributed by atoms with van der Waals surface area (Å²) in [6, 6.07) is 8.46. The lowest BCUT2D eigenvalue weighted by atomic mass is 9.97. The van der Waals surface area contributed by atoms with Crippen LogP contribution in [-0.4, -0.2) is 86.5 Å². The molecule has 0 aliphatic heterocycles. The highest BCUT2D eigenvalue weighted by Crippen LogP contribution is 2.36. The molecule has 0 atom stereocenters. The molecule has 0 spiro atoms. The summed E-state index contributed by atoms with van der Waals surface area (Å²) < 4.78 is 32.9. The molecule has 0 aromatic heterocycles. The highest BCUT2D eigenvalue weighted by atomic mass is 32.2. The van der Waals surface area contributed by atoms with Gasteiger partial charge in [0.25, 0.3) is 0 Å². The molecular formula is C37H52O10S4. The first kappa shape index (κ1) is 44.5. The van der Waals surface area contributed by atoms with Crippen LogP contribution in [0.25, 0.3) is 0 Å². The van der Waals surface area contributed by atoms with Crippen LogP contribution in [0.4, 0.5) is 0 Å². The van der Waals surface area contributed by atoms with Crippen LogP contribution in [0.15, 0.2) is 24.3 Å². The Morgan fingerprint density at radius 2 is 0.686 bits per heavy atom. The summed E-state index contributed by atoms with van der Waals surface area (Å²) >= 11 is 5.85. The van der Waals surface area contributed by atoms with Gasteiger partial charge >= 0.3 is 23.9 Å². The summed E-state index contributed by atoms with van der Waals surface area (Å²) in [6.07, 6.45) is 0.578. The van der Waals surface area contributed by atoms with E-state index < -0.39 is 0 Å². The van der Waals surface area contributed by atoms with E-state index in [2.05, 4.69) is 24.3 Å². The molecule has 2 aromatic carbocycles. The van der Waals surface area contributed by atoms with Crippen LogP contribution in [0.3, 0.4) is 0 Å². The van der Waals surface area contributed by atoms with Crippen molar-refractivity contribution >= 4 is 70.9 Å². The molecule has 0 fully saturated rings. The number of thioether (sulfide) groups is 4. The molecule has 0 saturated heterocycles. The van der Waals surface area contributed by atoms with Crippen molar-refractivity contribution < 1.29 is 47.6 Å². The van der Waals surface area contributed by atoms with Gasteiger partial charge in [0.2, 0.25) is 0 Å². The molecule has 51 heavy (non-hydrogen) atoms. The zero-order valence-electron chi connectivity index (χ0n) is 30.6. The van der Waals surface area contributed by atoms with Crippen LogP contribution in [0, 0.1) is 0 Å². The predicted molar refractivity (Wildman–Crippen MR) is 209 cm³/mol. The highest BCUT2D eigenvalue weighted by Gasteiger charge is 2.18. The van der Waals surface area contributed by atoms with Gasteiger partial charge in [0, 0.05) is 45.3 Å². The molecule has 0 N–H and O–H groups in total. The number of carbonyl (C=O) groups excluding carboxylic acids is 4. The maximum atomic E-state index is 12.1. The van der Waals surface area contributed by atoms with Crippen LogP contribution >= 0.6 is 47.0 Å². The second kappa shape index (κ2) is 26.1. The van der Waals surface area contributed by atoms with Crippen LogP contribution in [0.2, 0.25) is 0 Å². The van der Waals surface area contributed by atoms with Gasteiger partial charge in [-0.25, -0.2) is 0 Å². The number of esters is 4. The van der Waals surface area contributed by atoms with E-state index in [1.54, 1.807) is 27.7 Å². The summed E-state index contributed by atoms with van der Waals surface area (Å²) in [5.41, 5.74) is 5.90.